The molecule has 0 spiro atoms. The first-order valence-electron chi connectivity index (χ1n) is 11.6. The lowest BCUT2D eigenvalue weighted by Gasteiger charge is -2.28. The van der Waals surface area contributed by atoms with Gasteiger partial charge in [0.2, 0.25) is 5.88 Å². The number of hydrogen-bond donors (Lipinski definition) is 3. The third-order valence-electron chi connectivity index (χ3n) is 6.77. The van der Waals surface area contributed by atoms with Crippen LogP contribution in [0.5, 0.6) is 5.88 Å². The van der Waals surface area contributed by atoms with Crippen molar-refractivity contribution >= 4 is 55.6 Å². The molecule has 3 N–H and O–H groups in total. The highest BCUT2D eigenvalue weighted by atomic mass is 16.5. The molecule has 0 unspecified atom stereocenters. The smallest absolute Gasteiger partial charge is 0.259 e. The Balaban J connectivity index is 1.28. The van der Waals surface area contributed by atoms with Gasteiger partial charge in [0.1, 0.15) is 5.65 Å². The molecular formula is C26H20N6O4. The van der Waals surface area contributed by atoms with E-state index in [-0.39, 0.29) is 11.8 Å². The number of pyridine rings is 1. The van der Waals surface area contributed by atoms with Gasteiger partial charge in [-0.25, -0.2) is 9.97 Å². The van der Waals surface area contributed by atoms with Gasteiger partial charge in [-0.1, -0.05) is 0 Å². The summed E-state index contributed by atoms with van der Waals surface area (Å²) in [6.07, 6.45) is 3.34. The Morgan fingerprint density at radius 3 is 2.64 bits per heavy atom. The zero-order valence-electron chi connectivity index (χ0n) is 19.0. The fraction of sp³-hybridized carbons (Fsp3) is 0.154. The largest absolute Gasteiger partial charge is 0.494 e. The van der Waals surface area contributed by atoms with Crippen molar-refractivity contribution in [3.63, 3.8) is 0 Å². The van der Waals surface area contributed by atoms with E-state index in [1.165, 1.54) is 0 Å². The molecule has 0 radical (unpaired) electrons. The molecule has 1 amide bonds. The number of aromatic amines is 1. The van der Waals surface area contributed by atoms with Crippen LogP contribution in [0.15, 0.2) is 59.7 Å². The molecule has 4 aromatic heterocycles. The molecule has 5 heterocycles. The number of morpholine rings is 1. The van der Waals surface area contributed by atoms with Crippen molar-refractivity contribution in [2.24, 2.45) is 0 Å². The third-order valence-corrected chi connectivity index (χ3v) is 6.77. The summed E-state index contributed by atoms with van der Waals surface area (Å²) < 4.78 is 7.15. The normalized spacial score (nSPS) is 14.4. The molecule has 178 valence electrons. The number of aromatic nitrogens is 4. The molecule has 10 heteroatoms. The van der Waals surface area contributed by atoms with Gasteiger partial charge in [-0.3, -0.25) is 19.0 Å². The maximum absolute atomic E-state index is 13.0. The lowest BCUT2D eigenvalue weighted by Crippen LogP contribution is -2.36. The van der Waals surface area contributed by atoms with E-state index in [0.717, 1.165) is 18.8 Å². The van der Waals surface area contributed by atoms with Gasteiger partial charge in [-0.2, -0.15) is 0 Å². The van der Waals surface area contributed by atoms with E-state index < -0.39 is 5.56 Å². The van der Waals surface area contributed by atoms with Crippen LogP contribution in [0.1, 0.15) is 10.4 Å². The molecule has 0 aliphatic carbocycles. The van der Waals surface area contributed by atoms with Crippen LogP contribution in [-0.4, -0.2) is 56.7 Å². The second kappa shape index (κ2) is 7.65. The van der Waals surface area contributed by atoms with E-state index in [2.05, 4.69) is 20.2 Å². The standard InChI is InChI=1S/C26H20N6O4/c33-24(14-1-4-16(5-2-14)31-9-11-36-12-10-31)28-15-3-6-18-17(13-15)19-20-21(26(35)30-25(20)34)22-27-7-8-32(22)23(19)29-18/h1-8,13,35H,9-12H2,(H,28,33)(H,30,34). The number of hydrogen-bond acceptors (Lipinski definition) is 7. The van der Waals surface area contributed by atoms with Gasteiger partial charge in [0.15, 0.2) is 5.65 Å². The van der Waals surface area contributed by atoms with E-state index in [9.17, 15) is 14.7 Å². The lowest BCUT2D eigenvalue weighted by molar-refractivity contribution is 0.102. The molecule has 0 bridgehead atoms. The van der Waals surface area contributed by atoms with Gasteiger partial charge >= 0.3 is 0 Å². The molecule has 2 aromatic carbocycles. The van der Waals surface area contributed by atoms with Gasteiger partial charge in [0.25, 0.3) is 11.5 Å². The lowest BCUT2D eigenvalue weighted by atomic mass is 10.1. The molecular weight excluding hydrogens is 460 g/mol. The summed E-state index contributed by atoms with van der Waals surface area (Å²) in [6.45, 7) is 3.06. The molecule has 7 rings (SSSR count). The van der Waals surface area contributed by atoms with Crippen LogP contribution < -0.4 is 15.8 Å². The fourth-order valence-electron chi connectivity index (χ4n) is 5.05. The van der Waals surface area contributed by atoms with Crippen LogP contribution in [-0.2, 0) is 4.74 Å². The van der Waals surface area contributed by atoms with Gasteiger partial charge in [-0.15, -0.1) is 0 Å². The number of benzene rings is 2. The summed E-state index contributed by atoms with van der Waals surface area (Å²) in [5, 5.41) is 15.3. The second-order valence-corrected chi connectivity index (χ2v) is 8.82. The number of anilines is 2. The first-order valence-corrected chi connectivity index (χ1v) is 11.6. The van der Waals surface area contributed by atoms with Crippen molar-refractivity contribution in [3.05, 3.63) is 70.8 Å². The minimum absolute atomic E-state index is 0.229. The van der Waals surface area contributed by atoms with Crippen molar-refractivity contribution in [1.29, 1.82) is 0 Å². The zero-order valence-corrected chi connectivity index (χ0v) is 19.0. The highest BCUT2D eigenvalue weighted by Crippen LogP contribution is 2.36. The topological polar surface area (TPSA) is 125 Å². The molecule has 0 saturated carbocycles. The van der Waals surface area contributed by atoms with Crippen LogP contribution in [0.2, 0.25) is 0 Å². The minimum atomic E-state index is -0.415. The number of nitrogens with zero attached hydrogens (tertiary/aromatic N) is 4. The SMILES string of the molecule is O=C(Nc1ccc2nc3c(c2c1)c1c(=O)[nH]c(O)c1c1nccn13)c1ccc(N2CCOCC2)cc1. The second-order valence-electron chi connectivity index (χ2n) is 8.82. The summed E-state index contributed by atoms with van der Waals surface area (Å²) in [5.74, 6) is -0.468. The summed E-state index contributed by atoms with van der Waals surface area (Å²) in [5.41, 5.74) is 3.43. The molecule has 6 aromatic rings. The first kappa shape index (κ1) is 20.7. The van der Waals surface area contributed by atoms with Crippen molar-refractivity contribution in [2.45, 2.75) is 0 Å². The Morgan fingerprint density at radius 2 is 1.83 bits per heavy atom. The van der Waals surface area contributed by atoms with Gasteiger partial charge < -0.3 is 20.1 Å². The maximum atomic E-state index is 13.0. The molecule has 0 atom stereocenters. The summed E-state index contributed by atoms with van der Waals surface area (Å²) in [7, 11) is 0. The number of ether oxygens (including phenoxy) is 1. The summed E-state index contributed by atoms with van der Waals surface area (Å²) in [4.78, 5) is 39.5. The van der Waals surface area contributed by atoms with E-state index in [4.69, 9.17) is 9.72 Å². The van der Waals surface area contributed by atoms with E-state index >= 15 is 0 Å². The Kier molecular flexibility index (Phi) is 4.39. The van der Waals surface area contributed by atoms with Crippen LogP contribution in [0, 0.1) is 0 Å². The molecule has 1 fully saturated rings. The van der Waals surface area contributed by atoms with Crippen molar-refractivity contribution in [3.8, 4) is 5.88 Å². The predicted molar refractivity (Wildman–Crippen MR) is 136 cm³/mol. The Bertz CT molecular complexity index is 1850. The summed E-state index contributed by atoms with van der Waals surface area (Å²) in [6, 6.07) is 12.9. The Hall–Kier alpha value is -4.70. The summed E-state index contributed by atoms with van der Waals surface area (Å²) >= 11 is 0. The number of aromatic hydroxyl groups is 1. The van der Waals surface area contributed by atoms with Gasteiger partial charge in [-0.05, 0) is 42.5 Å². The Labute approximate surface area is 203 Å². The van der Waals surface area contributed by atoms with E-state index in [1.807, 2.05) is 24.3 Å². The number of imidazole rings is 1. The third kappa shape index (κ3) is 3.01. The quantitative estimate of drug-likeness (QED) is 0.355. The molecule has 10 nitrogen and oxygen atoms in total. The van der Waals surface area contributed by atoms with Crippen molar-refractivity contribution < 1.29 is 14.6 Å². The highest BCUT2D eigenvalue weighted by Gasteiger charge is 2.22. The number of rotatable bonds is 3. The van der Waals surface area contributed by atoms with Crippen LogP contribution in [0.3, 0.4) is 0 Å². The number of fused-ring (bicyclic) bond motifs is 8. The van der Waals surface area contributed by atoms with Crippen LogP contribution in [0.25, 0.3) is 38.4 Å². The van der Waals surface area contributed by atoms with E-state index in [0.29, 0.717) is 62.8 Å². The van der Waals surface area contributed by atoms with Gasteiger partial charge in [0.05, 0.1) is 29.5 Å². The van der Waals surface area contributed by atoms with E-state index in [1.54, 1.807) is 35.0 Å². The number of H-pyrrole nitrogens is 1. The average molecular weight is 480 g/mol. The molecule has 36 heavy (non-hydrogen) atoms. The maximum Gasteiger partial charge on any atom is 0.259 e. The van der Waals surface area contributed by atoms with Crippen LogP contribution >= 0.6 is 0 Å². The van der Waals surface area contributed by atoms with Crippen LogP contribution in [0.4, 0.5) is 11.4 Å². The van der Waals surface area contributed by atoms with Gasteiger partial charge in [0, 0.05) is 53.2 Å². The molecule has 1 aliphatic rings. The number of carbonyl (C=O) groups is 1. The van der Waals surface area contributed by atoms with Crippen molar-refractivity contribution in [2.75, 3.05) is 36.5 Å². The molecule has 1 saturated heterocycles. The zero-order chi connectivity index (χ0) is 24.4. The number of amides is 1. The minimum Gasteiger partial charge on any atom is -0.494 e. The first-order chi connectivity index (χ1) is 17.6. The Morgan fingerprint density at radius 1 is 1.03 bits per heavy atom. The average Bonchev–Trinajstić information content (AvgIpc) is 3.60. The number of carbonyl (C=O) groups excluding carboxylic acids is 1. The molecule has 1 aliphatic heterocycles. The predicted octanol–water partition coefficient (Wildman–Crippen LogP) is 3.11. The highest BCUT2D eigenvalue weighted by molar-refractivity contribution is 6.23. The fourth-order valence-corrected chi connectivity index (χ4v) is 5.05. The monoisotopic (exact) mass is 480 g/mol. The number of nitrogens with one attached hydrogen (secondary N) is 2. The van der Waals surface area contributed by atoms with Crippen molar-refractivity contribution in [1.82, 2.24) is 19.4 Å².